The molecular weight excluding hydrogens is 347 g/mol. The van der Waals surface area contributed by atoms with Crippen molar-refractivity contribution >= 4 is 23.0 Å². The number of amides is 2. The van der Waals surface area contributed by atoms with Crippen molar-refractivity contribution in [3.63, 3.8) is 0 Å². The molecule has 3 aromatic rings. The lowest BCUT2D eigenvalue weighted by Crippen LogP contribution is -2.25. The van der Waals surface area contributed by atoms with Gasteiger partial charge in [-0.25, -0.2) is 9.37 Å². The number of carbonyl (C=O) groups is 2. The zero-order valence-corrected chi connectivity index (χ0v) is 15.0. The average Bonchev–Trinajstić information content (AvgIpc) is 3.05. The highest BCUT2D eigenvalue weighted by molar-refractivity contribution is 6.06. The van der Waals surface area contributed by atoms with Crippen LogP contribution in [-0.2, 0) is 0 Å². The summed E-state index contributed by atoms with van der Waals surface area (Å²) in [5, 5.41) is 5.45. The van der Waals surface area contributed by atoms with Crippen LogP contribution in [0, 0.1) is 5.82 Å². The number of hydrogen-bond acceptors (Lipinski definition) is 3. The summed E-state index contributed by atoms with van der Waals surface area (Å²) in [5.74, 6) is -1.23. The first-order valence-corrected chi connectivity index (χ1v) is 8.92. The summed E-state index contributed by atoms with van der Waals surface area (Å²) >= 11 is 0. The number of nitrogens with one attached hydrogen (secondary N) is 2. The number of aromatic nitrogens is 2. The van der Waals surface area contributed by atoms with E-state index in [9.17, 15) is 14.0 Å². The zero-order valence-electron chi connectivity index (χ0n) is 15.0. The molecule has 1 aromatic carbocycles. The Hall–Kier alpha value is -3.22. The first-order chi connectivity index (χ1) is 13.1. The molecule has 0 aliphatic carbocycles. The highest BCUT2D eigenvalue weighted by Crippen LogP contribution is 2.16. The normalized spacial score (nSPS) is 10.7. The molecule has 6 nitrogen and oxygen atoms in total. The monoisotopic (exact) mass is 368 g/mol. The summed E-state index contributed by atoms with van der Waals surface area (Å²) in [6.07, 6.45) is 4.65. The maximum atomic E-state index is 13.3. The number of rotatable bonds is 7. The Kier molecular flexibility index (Phi) is 5.80. The number of fused-ring (bicyclic) bond motifs is 1. The van der Waals surface area contributed by atoms with E-state index in [1.165, 1.54) is 18.2 Å². The third kappa shape index (κ3) is 4.31. The van der Waals surface area contributed by atoms with Crippen LogP contribution in [0.15, 0.2) is 48.7 Å². The van der Waals surface area contributed by atoms with E-state index in [1.54, 1.807) is 34.9 Å². The lowest BCUT2D eigenvalue weighted by Gasteiger charge is -2.04. The number of pyridine rings is 1. The topological polar surface area (TPSA) is 75.5 Å². The molecule has 2 heterocycles. The largest absolute Gasteiger partial charge is 0.351 e. The fourth-order valence-electron chi connectivity index (χ4n) is 2.78. The molecule has 0 atom stereocenters. The van der Waals surface area contributed by atoms with E-state index in [0.29, 0.717) is 17.7 Å². The molecule has 140 valence electrons. The number of unbranched alkanes of at least 4 members (excludes halogenated alkanes) is 2. The van der Waals surface area contributed by atoms with Crippen molar-refractivity contribution in [3.8, 4) is 0 Å². The summed E-state index contributed by atoms with van der Waals surface area (Å²) < 4.78 is 14.9. The molecule has 7 heteroatoms. The zero-order chi connectivity index (χ0) is 19.2. The fraction of sp³-hybridized carbons (Fsp3) is 0.250. The number of benzene rings is 1. The average molecular weight is 368 g/mol. The van der Waals surface area contributed by atoms with Crippen LogP contribution in [0.2, 0.25) is 0 Å². The Morgan fingerprint density at radius 1 is 1.11 bits per heavy atom. The van der Waals surface area contributed by atoms with Crippen LogP contribution in [-0.4, -0.2) is 27.7 Å². The fourth-order valence-corrected chi connectivity index (χ4v) is 2.78. The molecule has 2 N–H and O–H groups in total. The molecule has 2 amide bonds. The maximum Gasteiger partial charge on any atom is 0.292 e. The number of imidazole rings is 1. The highest BCUT2D eigenvalue weighted by Gasteiger charge is 2.21. The predicted octanol–water partition coefficient (Wildman–Crippen LogP) is 3.65. The first-order valence-electron chi connectivity index (χ1n) is 8.92. The van der Waals surface area contributed by atoms with Gasteiger partial charge in [-0.2, -0.15) is 0 Å². The summed E-state index contributed by atoms with van der Waals surface area (Å²) in [5.41, 5.74) is 1.05. The highest BCUT2D eigenvalue weighted by atomic mass is 19.1. The smallest absolute Gasteiger partial charge is 0.292 e. The van der Waals surface area contributed by atoms with Crippen molar-refractivity contribution < 1.29 is 14.0 Å². The van der Waals surface area contributed by atoms with E-state index < -0.39 is 11.7 Å². The van der Waals surface area contributed by atoms with Gasteiger partial charge in [0.25, 0.3) is 11.8 Å². The van der Waals surface area contributed by atoms with Gasteiger partial charge < -0.3 is 10.6 Å². The molecule has 2 aromatic heterocycles. The van der Waals surface area contributed by atoms with E-state index in [2.05, 4.69) is 22.5 Å². The Morgan fingerprint density at radius 2 is 1.96 bits per heavy atom. The van der Waals surface area contributed by atoms with Crippen LogP contribution in [0.4, 0.5) is 10.1 Å². The second-order valence-electron chi connectivity index (χ2n) is 6.17. The maximum absolute atomic E-state index is 13.3. The summed E-state index contributed by atoms with van der Waals surface area (Å²) in [6.45, 7) is 2.65. The van der Waals surface area contributed by atoms with Crippen LogP contribution < -0.4 is 10.6 Å². The van der Waals surface area contributed by atoms with Gasteiger partial charge in [0.2, 0.25) is 5.82 Å². The molecule has 0 fully saturated rings. The van der Waals surface area contributed by atoms with Crippen molar-refractivity contribution in [2.24, 2.45) is 0 Å². The molecule has 0 aliphatic rings. The summed E-state index contributed by atoms with van der Waals surface area (Å²) in [6, 6.07) is 10.8. The second-order valence-corrected chi connectivity index (χ2v) is 6.17. The molecule has 0 spiro atoms. The van der Waals surface area contributed by atoms with Gasteiger partial charge in [-0.3, -0.25) is 14.0 Å². The lowest BCUT2D eigenvalue weighted by molar-refractivity contribution is 0.0950. The standard InChI is InChI=1S/C20H21FN4O2/c1-2-3-5-11-22-19(26)17-16-10-4-6-12-25(16)18(24-17)20(27)23-15-9-7-8-14(21)13-15/h4,6-10,12-13H,2-3,5,11H2,1H3,(H,22,26)(H,23,27). The van der Waals surface area contributed by atoms with Gasteiger partial charge >= 0.3 is 0 Å². The molecule has 0 saturated heterocycles. The molecule has 0 saturated carbocycles. The van der Waals surface area contributed by atoms with E-state index in [4.69, 9.17) is 0 Å². The van der Waals surface area contributed by atoms with Crippen LogP contribution in [0.1, 0.15) is 47.3 Å². The van der Waals surface area contributed by atoms with Crippen LogP contribution in [0.3, 0.4) is 0 Å². The molecule has 0 aliphatic heterocycles. The third-order valence-electron chi connectivity index (χ3n) is 4.11. The summed E-state index contributed by atoms with van der Waals surface area (Å²) in [7, 11) is 0. The minimum atomic E-state index is -0.521. The van der Waals surface area contributed by atoms with Gasteiger partial charge in [-0.1, -0.05) is 31.9 Å². The molecule has 3 rings (SSSR count). The first kappa shape index (κ1) is 18.6. The number of halogens is 1. The van der Waals surface area contributed by atoms with Crippen molar-refractivity contribution in [2.75, 3.05) is 11.9 Å². The Bertz CT molecular complexity index is 968. The van der Waals surface area contributed by atoms with Crippen molar-refractivity contribution in [1.82, 2.24) is 14.7 Å². The molecule has 27 heavy (non-hydrogen) atoms. The van der Waals surface area contributed by atoms with Gasteiger partial charge in [0.1, 0.15) is 5.82 Å². The minimum absolute atomic E-state index is 0.0635. The number of carbonyl (C=O) groups excluding carboxylic acids is 2. The molecule has 0 bridgehead atoms. The lowest BCUT2D eigenvalue weighted by atomic mass is 10.2. The van der Waals surface area contributed by atoms with Gasteiger partial charge in [0, 0.05) is 18.4 Å². The quantitative estimate of drug-likeness (QED) is 0.625. The second kappa shape index (κ2) is 8.44. The van der Waals surface area contributed by atoms with E-state index in [0.717, 1.165) is 19.3 Å². The number of anilines is 1. The van der Waals surface area contributed by atoms with Gasteiger partial charge in [-0.05, 0) is 36.8 Å². The summed E-state index contributed by atoms with van der Waals surface area (Å²) in [4.78, 5) is 29.4. The Labute approximate surface area is 156 Å². The van der Waals surface area contributed by atoms with E-state index in [1.807, 2.05) is 0 Å². The molecule has 0 radical (unpaired) electrons. The number of hydrogen-bond donors (Lipinski definition) is 2. The van der Waals surface area contributed by atoms with Crippen molar-refractivity contribution in [3.05, 3.63) is 66.0 Å². The molecule has 0 unspecified atom stereocenters. The predicted molar refractivity (Wildman–Crippen MR) is 101 cm³/mol. The molecular formula is C20H21FN4O2. The van der Waals surface area contributed by atoms with E-state index >= 15 is 0 Å². The van der Waals surface area contributed by atoms with Gasteiger partial charge in [0.15, 0.2) is 5.69 Å². The Morgan fingerprint density at radius 3 is 2.74 bits per heavy atom. The van der Waals surface area contributed by atoms with Gasteiger partial charge in [-0.15, -0.1) is 0 Å². The van der Waals surface area contributed by atoms with Crippen molar-refractivity contribution in [1.29, 1.82) is 0 Å². The SMILES string of the molecule is CCCCCNC(=O)c1nc(C(=O)Nc2cccc(F)c2)n2ccccc12. The van der Waals surface area contributed by atoms with Crippen LogP contribution in [0.25, 0.3) is 5.52 Å². The van der Waals surface area contributed by atoms with Crippen LogP contribution >= 0.6 is 0 Å². The van der Waals surface area contributed by atoms with E-state index in [-0.39, 0.29) is 17.4 Å². The number of nitrogens with zero attached hydrogens (tertiary/aromatic N) is 2. The Balaban J connectivity index is 1.85. The van der Waals surface area contributed by atoms with Gasteiger partial charge in [0.05, 0.1) is 5.52 Å². The third-order valence-corrected chi connectivity index (χ3v) is 4.11. The van der Waals surface area contributed by atoms with Crippen molar-refractivity contribution in [2.45, 2.75) is 26.2 Å². The minimum Gasteiger partial charge on any atom is -0.351 e. The van der Waals surface area contributed by atoms with Crippen LogP contribution in [0.5, 0.6) is 0 Å².